The van der Waals surface area contributed by atoms with E-state index in [1.807, 2.05) is 11.6 Å². The van der Waals surface area contributed by atoms with E-state index >= 15 is 0 Å². The largest absolute Gasteiger partial charge is 0.486 e. The van der Waals surface area contributed by atoms with Crippen molar-refractivity contribution < 1.29 is 28.6 Å². The minimum atomic E-state index is -0.960. The van der Waals surface area contributed by atoms with Gasteiger partial charge in [-0.05, 0) is 61.0 Å². The van der Waals surface area contributed by atoms with Crippen molar-refractivity contribution in [2.45, 2.75) is 19.6 Å². The van der Waals surface area contributed by atoms with E-state index in [0.717, 1.165) is 30.1 Å². The van der Waals surface area contributed by atoms with Gasteiger partial charge in [-0.15, -0.1) is 0 Å². The second-order valence-electron chi connectivity index (χ2n) is 9.64. The van der Waals surface area contributed by atoms with Crippen LogP contribution in [0.2, 0.25) is 5.02 Å². The van der Waals surface area contributed by atoms with Crippen LogP contribution in [0.4, 0.5) is 0 Å². The number of aryl methyl sites for hydroxylation is 1. The molecule has 40 heavy (non-hydrogen) atoms. The van der Waals surface area contributed by atoms with Crippen molar-refractivity contribution in [3.63, 3.8) is 0 Å². The number of imidazole rings is 1. The van der Waals surface area contributed by atoms with Gasteiger partial charge in [-0.25, -0.2) is 9.78 Å². The topological polar surface area (TPSA) is 110 Å². The maximum atomic E-state index is 12.9. The SMILES string of the molecule is C1COC1.Cn1c(CN2CCN(C(=O)c3ccc(COc4ccc(Cl)cc4)o3)CC2)nc2ccc(C(=O)O)cc21. The van der Waals surface area contributed by atoms with Gasteiger partial charge >= 0.3 is 5.97 Å². The first-order chi connectivity index (χ1) is 19.4. The van der Waals surface area contributed by atoms with Crippen molar-refractivity contribution in [3.05, 3.63) is 82.5 Å². The molecule has 6 rings (SSSR count). The highest BCUT2D eigenvalue weighted by Gasteiger charge is 2.25. The lowest BCUT2D eigenvalue weighted by Gasteiger charge is -2.34. The molecule has 0 aliphatic carbocycles. The Bertz CT molecular complexity index is 1470. The number of rotatable bonds is 7. The summed E-state index contributed by atoms with van der Waals surface area (Å²) in [5.74, 6) is 1.28. The number of carbonyl (C=O) groups is 2. The first-order valence-electron chi connectivity index (χ1n) is 13.1. The van der Waals surface area contributed by atoms with Crippen molar-refractivity contribution >= 4 is 34.5 Å². The molecular weight excluding hydrogens is 536 g/mol. The molecule has 11 heteroatoms. The molecule has 2 aliphatic heterocycles. The van der Waals surface area contributed by atoms with E-state index in [2.05, 4.69) is 9.88 Å². The standard InChI is InChI=1S/C26H25ClN4O5.C3H6O/c1-29-22-14-17(26(33)34)2-8-21(22)28-24(29)15-30-10-12-31(13-11-30)25(32)23-9-7-20(36-23)16-35-19-5-3-18(27)4-6-19;1-2-4-3-1/h2-9,14H,10-13,15-16H2,1H3,(H,33,34);1-3H2. The molecule has 0 spiro atoms. The highest BCUT2D eigenvalue weighted by Crippen LogP contribution is 2.21. The van der Waals surface area contributed by atoms with Gasteiger partial charge in [-0.3, -0.25) is 9.69 Å². The van der Waals surface area contributed by atoms with Crippen molar-refractivity contribution in [2.24, 2.45) is 7.05 Å². The first-order valence-corrected chi connectivity index (χ1v) is 13.5. The van der Waals surface area contributed by atoms with Crippen molar-refractivity contribution in [1.29, 1.82) is 0 Å². The number of halogens is 1. The molecule has 210 valence electrons. The second kappa shape index (κ2) is 12.5. The summed E-state index contributed by atoms with van der Waals surface area (Å²) in [6, 6.07) is 15.4. The lowest BCUT2D eigenvalue weighted by Crippen LogP contribution is -2.48. The zero-order valence-corrected chi connectivity index (χ0v) is 23.0. The van der Waals surface area contributed by atoms with Crippen LogP contribution in [-0.4, -0.2) is 75.7 Å². The Morgan fingerprint density at radius 3 is 2.38 bits per heavy atom. The van der Waals surface area contributed by atoms with Gasteiger partial charge in [0.2, 0.25) is 0 Å². The Morgan fingerprint density at radius 1 is 1.02 bits per heavy atom. The molecule has 2 aromatic heterocycles. The van der Waals surface area contributed by atoms with E-state index in [-0.39, 0.29) is 18.1 Å². The van der Waals surface area contributed by atoms with Crippen molar-refractivity contribution in [3.8, 4) is 5.75 Å². The van der Waals surface area contributed by atoms with E-state index < -0.39 is 5.97 Å². The van der Waals surface area contributed by atoms with Crippen LogP contribution >= 0.6 is 11.6 Å². The van der Waals surface area contributed by atoms with Gasteiger partial charge in [-0.1, -0.05) is 11.6 Å². The van der Waals surface area contributed by atoms with E-state index in [1.165, 1.54) is 6.42 Å². The number of hydrogen-bond acceptors (Lipinski definition) is 7. The van der Waals surface area contributed by atoms with E-state index in [1.54, 1.807) is 59.5 Å². The number of benzene rings is 2. The maximum Gasteiger partial charge on any atom is 0.335 e. The second-order valence-corrected chi connectivity index (χ2v) is 10.1. The smallest absolute Gasteiger partial charge is 0.335 e. The number of fused-ring (bicyclic) bond motifs is 1. The van der Waals surface area contributed by atoms with E-state index in [0.29, 0.717) is 55.0 Å². The third-order valence-corrected chi connectivity index (χ3v) is 7.14. The minimum absolute atomic E-state index is 0.142. The number of piperazine rings is 1. The first kappa shape index (κ1) is 27.7. The summed E-state index contributed by atoms with van der Waals surface area (Å²) in [4.78, 5) is 32.9. The predicted octanol–water partition coefficient (Wildman–Crippen LogP) is 4.46. The number of ether oxygens (including phenoxy) is 2. The van der Waals surface area contributed by atoms with Crippen LogP contribution in [0.15, 0.2) is 59.0 Å². The summed E-state index contributed by atoms with van der Waals surface area (Å²) in [5.41, 5.74) is 1.79. The number of carboxylic acids is 1. The van der Waals surface area contributed by atoms with Crippen molar-refractivity contribution in [2.75, 3.05) is 39.4 Å². The summed E-state index contributed by atoms with van der Waals surface area (Å²) in [6.07, 6.45) is 1.28. The van der Waals surface area contributed by atoms with Crippen LogP contribution < -0.4 is 4.74 Å². The summed E-state index contributed by atoms with van der Waals surface area (Å²) >= 11 is 5.89. The van der Waals surface area contributed by atoms with E-state index in [4.69, 9.17) is 25.5 Å². The fourth-order valence-corrected chi connectivity index (χ4v) is 4.51. The third-order valence-electron chi connectivity index (χ3n) is 6.89. The number of carboxylic acid groups (broad SMARTS) is 1. The highest BCUT2D eigenvalue weighted by atomic mass is 35.5. The zero-order valence-electron chi connectivity index (χ0n) is 22.2. The summed E-state index contributed by atoms with van der Waals surface area (Å²) in [6.45, 7) is 5.37. The summed E-state index contributed by atoms with van der Waals surface area (Å²) < 4.78 is 18.1. The fourth-order valence-electron chi connectivity index (χ4n) is 4.38. The van der Waals surface area contributed by atoms with Gasteiger partial charge in [0.1, 0.15) is 23.9 Å². The molecule has 0 saturated carbocycles. The van der Waals surface area contributed by atoms with Crippen LogP contribution in [0.1, 0.15) is 38.9 Å². The number of hydrogen-bond donors (Lipinski definition) is 1. The molecular formula is C29H31ClN4O6. The minimum Gasteiger partial charge on any atom is -0.486 e. The number of amides is 1. The molecule has 1 N–H and O–H groups in total. The van der Waals surface area contributed by atoms with Gasteiger partial charge in [0.05, 0.1) is 23.1 Å². The Morgan fingerprint density at radius 2 is 1.73 bits per heavy atom. The molecule has 0 unspecified atom stereocenters. The van der Waals surface area contributed by atoms with Gasteiger partial charge in [0.15, 0.2) is 5.76 Å². The van der Waals surface area contributed by atoms with Gasteiger partial charge in [0.25, 0.3) is 5.91 Å². The molecule has 0 bridgehead atoms. The molecule has 2 saturated heterocycles. The van der Waals surface area contributed by atoms with Gasteiger partial charge < -0.3 is 28.5 Å². The molecule has 4 heterocycles. The monoisotopic (exact) mass is 566 g/mol. The number of furan rings is 1. The summed E-state index contributed by atoms with van der Waals surface area (Å²) in [7, 11) is 1.89. The van der Waals surface area contributed by atoms with Crippen LogP contribution in [-0.2, 0) is 24.9 Å². The zero-order chi connectivity index (χ0) is 28.1. The van der Waals surface area contributed by atoms with Crippen LogP contribution in [0.5, 0.6) is 5.75 Å². The normalized spacial score (nSPS) is 15.3. The molecule has 2 fully saturated rings. The molecule has 2 aliphatic rings. The molecule has 10 nitrogen and oxygen atoms in total. The Labute approximate surface area is 236 Å². The average Bonchev–Trinajstić information content (AvgIpc) is 3.52. The number of nitrogens with zero attached hydrogens (tertiary/aromatic N) is 4. The predicted molar refractivity (Wildman–Crippen MR) is 149 cm³/mol. The maximum absolute atomic E-state index is 12.9. The molecule has 2 aromatic carbocycles. The molecule has 1 amide bonds. The Kier molecular flexibility index (Phi) is 8.69. The van der Waals surface area contributed by atoms with E-state index in [9.17, 15) is 14.7 Å². The summed E-state index contributed by atoms with van der Waals surface area (Å²) in [5, 5.41) is 9.89. The molecule has 0 atom stereocenters. The Balaban J connectivity index is 0.000000741. The third kappa shape index (κ3) is 6.64. The van der Waals surface area contributed by atoms with Gasteiger partial charge in [-0.2, -0.15) is 0 Å². The Hall–Kier alpha value is -3.86. The van der Waals surface area contributed by atoms with Gasteiger partial charge in [0, 0.05) is 51.5 Å². The number of aromatic nitrogens is 2. The number of carbonyl (C=O) groups excluding carboxylic acids is 1. The lowest BCUT2D eigenvalue weighted by molar-refractivity contribution is 0.0367. The van der Waals surface area contributed by atoms with Crippen LogP contribution in [0, 0.1) is 0 Å². The average molecular weight is 567 g/mol. The molecule has 4 aromatic rings. The van der Waals surface area contributed by atoms with Crippen molar-refractivity contribution in [1.82, 2.24) is 19.4 Å². The van der Waals surface area contributed by atoms with Crippen LogP contribution in [0.25, 0.3) is 11.0 Å². The fraction of sp³-hybridized carbons (Fsp3) is 0.345. The molecule has 0 radical (unpaired) electrons. The lowest BCUT2D eigenvalue weighted by atomic mass is 10.2. The highest BCUT2D eigenvalue weighted by molar-refractivity contribution is 6.30. The number of aromatic carboxylic acids is 1. The van der Waals surface area contributed by atoms with Crippen LogP contribution in [0.3, 0.4) is 0 Å². The quantitative estimate of drug-likeness (QED) is 0.349.